The summed E-state index contributed by atoms with van der Waals surface area (Å²) < 4.78 is 1.82. The lowest BCUT2D eigenvalue weighted by Gasteiger charge is -2.11. The molecule has 0 atom stereocenters. The minimum atomic E-state index is -0.0503. The maximum atomic E-state index is 5.63. The van der Waals surface area contributed by atoms with E-state index in [0.717, 1.165) is 27.2 Å². The van der Waals surface area contributed by atoms with Gasteiger partial charge in [-0.2, -0.15) is 5.10 Å². The Labute approximate surface area is 111 Å². The van der Waals surface area contributed by atoms with Crippen LogP contribution in [0, 0.1) is 6.92 Å². The molecule has 0 aromatic carbocycles. The first-order chi connectivity index (χ1) is 8.32. The lowest BCUT2D eigenvalue weighted by Crippen LogP contribution is -2.13. The first kappa shape index (κ1) is 13.2. The molecule has 98 valence electrons. The van der Waals surface area contributed by atoms with Gasteiger partial charge in [0.2, 0.25) is 0 Å². The lowest BCUT2D eigenvalue weighted by molar-refractivity contribution is 0.538. The Morgan fingerprint density at radius 2 is 1.94 bits per heavy atom. The number of aryl methyl sites for hydroxylation is 2. The van der Waals surface area contributed by atoms with Gasteiger partial charge in [0.05, 0.1) is 10.6 Å². The van der Waals surface area contributed by atoms with Crippen LogP contribution in [0.2, 0.25) is 0 Å². The fraction of sp³-hybridized carbons (Fsp3) is 0.583. The topological polar surface area (TPSA) is 69.6 Å². The highest BCUT2D eigenvalue weighted by atomic mass is 32.1. The van der Waals surface area contributed by atoms with Crippen LogP contribution in [0.25, 0.3) is 10.7 Å². The predicted octanol–water partition coefficient (Wildman–Crippen LogP) is 2.00. The van der Waals surface area contributed by atoms with E-state index in [1.807, 2.05) is 18.7 Å². The maximum absolute atomic E-state index is 5.63. The molecule has 0 unspecified atom stereocenters. The molecular formula is C12H19N5S. The number of nitrogens with zero attached hydrogens (tertiary/aromatic N) is 4. The third-order valence-corrected chi connectivity index (χ3v) is 3.83. The molecule has 2 rings (SSSR count). The van der Waals surface area contributed by atoms with Crippen LogP contribution < -0.4 is 5.73 Å². The van der Waals surface area contributed by atoms with Gasteiger partial charge in [-0.25, -0.2) is 14.6 Å². The van der Waals surface area contributed by atoms with E-state index in [1.54, 1.807) is 11.3 Å². The number of hydrogen-bond donors (Lipinski definition) is 1. The van der Waals surface area contributed by atoms with E-state index < -0.39 is 0 Å². The van der Waals surface area contributed by atoms with E-state index >= 15 is 0 Å². The molecule has 0 bridgehead atoms. The quantitative estimate of drug-likeness (QED) is 0.901. The lowest BCUT2D eigenvalue weighted by atomic mass is 9.96. The standard InChI is InChI=1S/C12H19N5S/c1-7-9(18-8(6-13)14-7)10-15-11(12(2,3)4)16-17(10)5/h6,13H2,1-5H3. The second kappa shape index (κ2) is 4.44. The number of hydrogen-bond acceptors (Lipinski definition) is 5. The summed E-state index contributed by atoms with van der Waals surface area (Å²) in [6.07, 6.45) is 0. The Hall–Kier alpha value is -1.27. The van der Waals surface area contributed by atoms with Crippen LogP contribution >= 0.6 is 11.3 Å². The Morgan fingerprint density at radius 3 is 2.39 bits per heavy atom. The first-order valence-electron chi connectivity index (χ1n) is 5.91. The molecule has 0 radical (unpaired) electrons. The molecule has 2 aromatic rings. The van der Waals surface area contributed by atoms with Crippen molar-refractivity contribution in [1.29, 1.82) is 0 Å². The van der Waals surface area contributed by atoms with Crippen LogP contribution in [0.1, 0.15) is 37.3 Å². The van der Waals surface area contributed by atoms with Crippen molar-refractivity contribution in [2.75, 3.05) is 0 Å². The second-order valence-corrected chi connectivity index (χ2v) is 6.44. The van der Waals surface area contributed by atoms with Crippen LogP contribution in [0.15, 0.2) is 0 Å². The van der Waals surface area contributed by atoms with Crippen LogP contribution in [0.4, 0.5) is 0 Å². The molecule has 0 fully saturated rings. The minimum Gasteiger partial charge on any atom is -0.325 e. The molecule has 0 saturated heterocycles. The summed E-state index contributed by atoms with van der Waals surface area (Å²) in [5, 5.41) is 5.42. The van der Waals surface area contributed by atoms with Gasteiger partial charge in [0.1, 0.15) is 5.01 Å². The van der Waals surface area contributed by atoms with Crippen molar-refractivity contribution in [2.45, 2.75) is 39.7 Å². The highest BCUT2D eigenvalue weighted by molar-refractivity contribution is 7.15. The first-order valence-corrected chi connectivity index (χ1v) is 6.73. The van der Waals surface area contributed by atoms with Crippen molar-refractivity contribution in [3.05, 3.63) is 16.5 Å². The number of rotatable bonds is 2. The minimum absolute atomic E-state index is 0.0503. The van der Waals surface area contributed by atoms with Gasteiger partial charge >= 0.3 is 0 Å². The van der Waals surface area contributed by atoms with Crippen LogP contribution in [-0.4, -0.2) is 19.7 Å². The fourth-order valence-corrected chi connectivity index (χ4v) is 2.61. The van der Waals surface area contributed by atoms with E-state index in [-0.39, 0.29) is 5.41 Å². The summed E-state index contributed by atoms with van der Waals surface area (Å²) >= 11 is 1.59. The summed E-state index contributed by atoms with van der Waals surface area (Å²) in [6, 6.07) is 0. The fourth-order valence-electron chi connectivity index (χ4n) is 1.65. The van der Waals surface area contributed by atoms with Gasteiger partial charge in [0.25, 0.3) is 0 Å². The van der Waals surface area contributed by atoms with Crippen molar-refractivity contribution in [3.63, 3.8) is 0 Å². The number of thiazole rings is 1. The van der Waals surface area contributed by atoms with Crippen LogP contribution in [0.5, 0.6) is 0 Å². The average Bonchev–Trinajstić information content (AvgIpc) is 2.81. The number of aromatic nitrogens is 4. The molecule has 0 amide bonds. The van der Waals surface area contributed by atoms with Gasteiger partial charge in [-0.05, 0) is 6.92 Å². The van der Waals surface area contributed by atoms with Crippen LogP contribution in [0.3, 0.4) is 0 Å². The summed E-state index contributed by atoms with van der Waals surface area (Å²) in [6.45, 7) is 8.77. The van der Waals surface area contributed by atoms with Crippen molar-refractivity contribution in [1.82, 2.24) is 19.7 Å². The molecule has 5 nitrogen and oxygen atoms in total. The summed E-state index contributed by atoms with van der Waals surface area (Å²) in [4.78, 5) is 10.1. The molecule has 0 aliphatic heterocycles. The third-order valence-electron chi connectivity index (χ3n) is 2.65. The van der Waals surface area contributed by atoms with E-state index in [9.17, 15) is 0 Å². The average molecular weight is 265 g/mol. The SMILES string of the molecule is Cc1nc(CN)sc1-c1nc(C(C)(C)C)nn1C. The van der Waals surface area contributed by atoms with E-state index in [0.29, 0.717) is 6.54 Å². The van der Waals surface area contributed by atoms with E-state index in [2.05, 4.69) is 35.8 Å². The normalized spacial score (nSPS) is 12.1. The zero-order chi connectivity index (χ0) is 13.5. The molecule has 0 aliphatic rings. The summed E-state index contributed by atoms with van der Waals surface area (Å²) in [5.41, 5.74) is 6.55. The Kier molecular flexibility index (Phi) is 3.25. The van der Waals surface area contributed by atoms with Gasteiger partial charge in [-0.15, -0.1) is 11.3 Å². The predicted molar refractivity (Wildman–Crippen MR) is 73.4 cm³/mol. The maximum Gasteiger partial charge on any atom is 0.170 e. The molecule has 6 heteroatoms. The van der Waals surface area contributed by atoms with Gasteiger partial charge in [-0.1, -0.05) is 20.8 Å². The Bertz CT molecular complexity index is 562. The highest BCUT2D eigenvalue weighted by Crippen LogP contribution is 2.30. The largest absolute Gasteiger partial charge is 0.325 e. The smallest absolute Gasteiger partial charge is 0.170 e. The summed E-state index contributed by atoms with van der Waals surface area (Å²) in [5.74, 6) is 1.72. The molecule has 18 heavy (non-hydrogen) atoms. The molecule has 0 aliphatic carbocycles. The van der Waals surface area contributed by atoms with Gasteiger partial charge in [-0.3, -0.25) is 0 Å². The van der Waals surface area contributed by atoms with E-state index in [4.69, 9.17) is 5.73 Å². The van der Waals surface area contributed by atoms with Crippen molar-refractivity contribution in [2.24, 2.45) is 12.8 Å². The van der Waals surface area contributed by atoms with Crippen molar-refractivity contribution >= 4 is 11.3 Å². The molecule has 0 spiro atoms. The van der Waals surface area contributed by atoms with Crippen molar-refractivity contribution in [3.8, 4) is 10.7 Å². The van der Waals surface area contributed by atoms with Gasteiger partial charge in [0.15, 0.2) is 11.6 Å². The van der Waals surface area contributed by atoms with Gasteiger partial charge < -0.3 is 5.73 Å². The van der Waals surface area contributed by atoms with Crippen LogP contribution in [-0.2, 0) is 19.0 Å². The zero-order valence-electron chi connectivity index (χ0n) is 11.5. The second-order valence-electron chi connectivity index (χ2n) is 5.36. The third kappa shape index (κ3) is 2.30. The molecular weight excluding hydrogens is 246 g/mol. The molecule has 2 heterocycles. The summed E-state index contributed by atoms with van der Waals surface area (Å²) in [7, 11) is 1.92. The Balaban J connectivity index is 2.51. The molecule has 2 aromatic heterocycles. The monoisotopic (exact) mass is 265 g/mol. The number of nitrogens with two attached hydrogens (primary N) is 1. The molecule has 0 saturated carbocycles. The molecule has 2 N–H and O–H groups in total. The highest BCUT2D eigenvalue weighted by Gasteiger charge is 2.23. The Morgan fingerprint density at radius 1 is 1.28 bits per heavy atom. The van der Waals surface area contributed by atoms with Gasteiger partial charge in [0, 0.05) is 19.0 Å². The zero-order valence-corrected chi connectivity index (χ0v) is 12.3. The van der Waals surface area contributed by atoms with Crippen molar-refractivity contribution < 1.29 is 0 Å². The van der Waals surface area contributed by atoms with E-state index in [1.165, 1.54) is 0 Å².